The van der Waals surface area contributed by atoms with Crippen molar-refractivity contribution >= 4 is 17.0 Å². The van der Waals surface area contributed by atoms with Crippen LogP contribution in [0.25, 0.3) is 11.0 Å². The molecule has 1 aromatic carbocycles. The molecule has 0 fully saturated rings. The van der Waals surface area contributed by atoms with Gasteiger partial charge in [0.15, 0.2) is 5.82 Å². The lowest BCUT2D eigenvalue weighted by atomic mass is 10.2. The highest BCUT2D eigenvalue weighted by Crippen LogP contribution is 2.18. The van der Waals surface area contributed by atoms with Gasteiger partial charge in [-0.3, -0.25) is 0 Å². The molecule has 108 valence electrons. The number of carboxylic acid groups (broad SMARTS) is 1. The molecule has 0 unspecified atom stereocenters. The second kappa shape index (κ2) is 5.01. The first kappa shape index (κ1) is 13.3. The summed E-state index contributed by atoms with van der Waals surface area (Å²) < 4.78 is 6.90. The van der Waals surface area contributed by atoms with Crippen molar-refractivity contribution in [2.45, 2.75) is 26.8 Å². The number of carboxylic acids is 1. The summed E-state index contributed by atoms with van der Waals surface area (Å²) in [6.45, 7) is 4.25. The maximum absolute atomic E-state index is 11.1. The minimum Gasteiger partial charge on any atom is -0.478 e. The first-order chi connectivity index (χ1) is 10.0. The van der Waals surface area contributed by atoms with Gasteiger partial charge in [0.05, 0.1) is 16.6 Å². The molecule has 0 atom stereocenters. The van der Waals surface area contributed by atoms with E-state index in [2.05, 4.69) is 15.1 Å². The van der Waals surface area contributed by atoms with Crippen LogP contribution in [0.1, 0.15) is 27.9 Å². The zero-order valence-corrected chi connectivity index (χ0v) is 11.7. The maximum Gasteiger partial charge on any atom is 0.335 e. The summed E-state index contributed by atoms with van der Waals surface area (Å²) in [4.78, 5) is 19.7. The number of carbonyl (C=O) groups is 1. The van der Waals surface area contributed by atoms with E-state index in [9.17, 15) is 4.79 Å². The van der Waals surface area contributed by atoms with E-state index in [1.165, 1.54) is 0 Å². The average Bonchev–Trinajstić information content (AvgIpc) is 2.98. The van der Waals surface area contributed by atoms with Gasteiger partial charge in [-0.2, -0.15) is 4.98 Å². The molecule has 3 rings (SSSR count). The standard InChI is InChI=1S/C14H14N4O3/c1-8-15-11-4-3-10(14(19)20)7-12(11)18(8)6-5-13-16-9(2)21-17-13/h3-4,7H,5-6H2,1-2H3,(H,19,20). The number of aromatic carboxylic acids is 1. The summed E-state index contributed by atoms with van der Waals surface area (Å²) in [7, 11) is 0. The molecule has 0 saturated carbocycles. The third-order valence-electron chi connectivity index (χ3n) is 3.31. The second-order valence-electron chi connectivity index (χ2n) is 4.80. The Morgan fingerprint density at radius 1 is 1.33 bits per heavy atom. The molecule has 0 bridgehead atoms. The normalized spacial score (nSPS) is 11.1. The molecule has 7 nitrogen and oxygen atoms in total. The third-order valence-corrected chi connectivity index (χ3v) is 3.31. The molecule has 0 aliphatic carbocycles. The van der Waals surface area contributed by atoms with Crippen molar-refractivity contribution in [3.8, 4) is 0 Å². The van der Waals surface area contributed by atoms with E-state index in [-0.39, 0.29) is 5.56 Å². The summed E-state index contributed by atoms with van der Waals surface area (Å²) in [6.07, 6.45) is 0.598. The lowest BCUT2D eigenvalue weighted by Crippen LogP contribution is -2.05. The van der Waals surface area contributed by atoms with Crippen LogP contribution in [-0.4, -0.2) is 30.8 Å². The topological polar surface area (TPSA) is 94.0 Å². The summed E-state index contributed by atoms with van der Waals surface area (Å²) in [5.41, 5.74) is 1.83. The number of benzene rings is 1. The Kier molecular flexibility index (Phi) is 3.17. The van der Waals surface area contributed by atoms with Gasteiger partial charge >= 0.3 is 5.97 Å². The van der Waals surface area contributed by atoms with Crippen molar-refractivity contribution in [3.63, 3.8) is 0 Å². The van der Waals surface area contributed by atoms with Crippen molar-refractivity contribution < 1.29 is 14.4 Å². The summed E-state index contributed by atoms with van der Waals surface area (Å²) in [5, 5.41) is 12.9. The predicted octanol–water partition coefficient (Wildman–Crippen LogP) is 1.98. The van der Waals surface area contributed by atoms with Gasteiger partial charge in [-0.15, -0.1) is 0 Å². The molecule has 0 spiro atoms. The molecule has 0 radical (unpaired) electrons. The largest absolute Gasteiger partial charge is 0.478 e. The SMILES string of the molecule is Cc1nc(CCn2c(C)nc3ccc(C(=O)O)cc32)no1. The van der Waals surface area contributed by atoms with Crippen LogP contribution in [0, 0.1) is 13.8 Å². The van der Waals surface area contributed by atoms with Crippen LogP contribution in [0.4, 0.5) is 0 Å². The molecule has 2 aromatic heterocycles. The molecule has 0 saturated heterocycles. The highest BCUT2D eigenvalue weighted by atomic mass is 16.5. The fraction of sp³-hybridized carbons (Fsp3) is 0.286. The van der Waals surface area contributed by atoms with Crippen LogP contribution in [0.3, 0.4) is 0 Å². The number of aromatic nitrogens is 4. The summed E-state index contributed by atoms with van der Waals surface area (Å²) in [5.74, 6) is 1.04. The average molecular weight is 286 g/mol. The predicted molar refractivity (Wildman–Crippen MR) is 74.2 cm³/mol. The van der Waals surface area contributed by atoms with Crippen LogP contribution >= 0.6 is 0 Å². The summed E-state index contributed by atoms with van der Waals surface area (Å²) in [6, 6.07) is 4.92. The van der Waals surface area contributed by atoms with Crippen molar-refractivity contribution in [2.75, 3.05) is 0 Å². The number of fused-ring (bicyclic) bond motifs is 1. The van der Waals surface area contributed by atoms with E-state index in [0.717, 1.165) is 16.9 Å². The quantitative estimate of drug-likeness (QED) is 0.788. The first-order valence-electron chi connectivity index (χ1n) is 6.54. The lowest BCUT2D eigenvalue weighted by molar-refractivity contribution is 0.0697. The van der Waals surface area contributed by atoms with E-state index in [1.807, 2.05) is 11.5 Å². The fourth-order valence-electron chi connectivity index (χ4n) is 2.31. The van der Waals surface area contributed by atoms with Crippen LogP contribution in [0.15, 0.2) is 22.7 Å². The van der Waals surface area contributed by atoms with E-state index in [4.69, 9.17) is 9.63 Å². The van der Waals surface area contributed by atoms with Gasteiger partial charge in [0.1, 0.15) is 5.82 Å². The molecule has 2 heterocycles. The van der Waals surface area contributed by atoms with Gasteiger partial charge in [-0.05, 0) is 25.1 Å². The van der Waals surface area contributed by atoms with E-state index >= 15 is 0 Å². The zero-order chi connectivity index (χ0) is 15.0. The highest BCUT2D eigenvalue weighted by Gasteiger charge is 2.12. The monoisotopic (exact) mass is 286 g/mol. The van der Waals surface area contributed by atoms with Crippen molar-refractivity contribution in [3.05, 3.63) is 41.3 Å². The van der Waals surface area contributed by atoms with Gasteiger partial charge in [0.2, 0.25) is 5.89 Å². The van der Waals surface area contributed by atoms with Crippen LogP contribution in [-0.2, 0) is 13.0 Å². The maximum atomic E-state index is 11.1. The van der Waals surface area contributed by atoms with Crippen molar-refractivity contribution in [1.82, 2.24) is 19.7 Å². The molecule has 0 aliphatic rings. The minimum atomic E-state index is -0.948. The van der Waals surface area contributed by atoms with Gasteiger partial charge in [-0.1, -0.05) is 5.16 Å². The van der Waals surface area contributed by atoms with E-state index < -0.39 is 5.97 Å². The second-order valence-corrected chi connectivity index (χ2v) is 4.80. The number of hydrogen-bond donors (Lipinski definition) is 1. The minimum absolute atomic E-state index is 0.249. The summed E-state index contributed by atoms with van der Waals surface area (Å²) >= 11 is 0. The van der Waals surface area contributed by atoms with Gasteiger partial charge in [-0.25, -0.2) is 9.78 Å². The Hall–Kier alpha value is -2.70. The number of rotatable bonds is 4. The Balaban J connectivity index is 1.94. The van der Waals surface area contributed by atoms with E-state index in [0.29, 0.717) is 24.7 Å². The lowest BCUT2D eigenvalue weighted by Gasteiger charge is -2.05. The number of nitrogens with zero attached hydrogens (tertiary/aromatic N) is 4. The molecular weight excluding hydrogens is 272 g/mol. The number of imidazole rings is 1. The molecule has 7 heteroatoms. The Morgan fingerprint density at radius 3 is 2.81 bits per heavy atom. The molecule has 0 amide bonds. The molecule has 0 aliphatic heterocycles. The molecular formula is C14H14N4O3. The fourth-order valence-corrected chi connectivity index (χ4v) is 2.31. The third kappa shape index (κ3) is 2.49. The molecule has 21 heavy (non-hydrogen) atoms. The Bertz CT molecular complexity index is 819. The zero-order valence-electron chi connectivity index (χ0n) is 11.7. The van der Waals surface area contributed by atoms with Crippen LogP contribution in [0.2, 0.25) is 0 Å². The van der Waals surface area contributed by atoms with E-state index in [1.54, 1.807) is 25.1 Å². The Morgan fingerprint density at radius 2 is 2.14 bits per heavy atom. The number of aryl methyl sites for hydroxylation is 4. The van der Waals surface area contributed by atoms with Gasteiger partial charge in [0.25, 0.3) is 0 Å². The first-order valence-corrected chi connectivity index (χ1v) is 6.54. The van der Waals surface area contributed by atoms with Crippen molar-refractivity contribution in [1.29, 1.82) is 0 Å². The van der Waals surface area contributed by atoms with Crippen LogP contribution in [0.5, 0.6) is 0 Å². The van der Waals surface area contributed by atoms with Gasteiger partial charge in [0, 0.05) is 19.9 Å². The van der Waals surface area contributed by atoms with Gasteiger partial charge < -0.3 is 14.2 Å². The Labute approximate surface area is 120 Å². The smallest absolute Gasteiger partial charge is 0.335 e. The molecule has 1 N–H and O–H groups in total. The highest BCUT2D eigenvalue weighted by molar-refractivity contribution is 5.92. The molecule has 3 aromatic rings. The number of hydrogen-bond acceptors (Lipinski definition) is 5. The van der Waals surface area contributed by atoms with Crippen LogP contribution < -0.4 is 0 Å². The van der Waals surface area contributed by atoms with Crippen molar-refractivity contribution in [2.24, 2.45) is 0 Å².